The summed E-state index contributed by atoms with van der Waals surface area (Å²) in [6, 6.07) is 3.14. The number of rotatable bonds is 6. The summed E-state index contributed by atoms with van der Waals surface area (Å²) >= 11 is 0. The Balaban J connectivity index is 1.21. The predicted molar refractivity (Wildman–Crippen MR) is 155 cm³/mol. The van der Waals surface area contributed by atoms with E-state index in [-0.39, 0.29) is 24.5 Å². The van der Waals surface area contributed by atoms with Crippen molar-refractivity contribution in [2.45, 2.75) is 94.9 Å². The third kappa shape index (κ3) is 5.60. The first-order valence-electron chi connectivity index (χ1n) is 16.1. The average molecular weight is 554 g/mol. The van der Waals surface area contributed by atoms with Gasteiger partial charge in [-0.15, -0.1) is 0 Å². The Labute approximate surface area is 241 Å². The van der Waals surface area contributed by atoms with Crippen LogP contribution in [0.5, 0.6) is 0 Å². The summed E-state index contributed by atoms with van der Waals surface area (Å²) in [6.07, 6.45) is 13.4. The first kappa shape index (κ1) is 28.6. The van der Waals surface area contributed by atoms with E-state index in [0.717, 1.165) is 31.5 Å². The van der Waals surface area contributed by atoms with Crippen LogP contribution in [0.1, 0.15) is 64.2 Å². The summed E-state index contributed by atoms with van der Waals surface area (Å²) in [5.74, 6) is 2.11. The van der Waals surface area contributed by atoms with Crippen molar-refractivity contribution in [2.24, 2.45) is 23.2 Å². The number of piperidine rings is 1. The van der Waals surface area contributed by atoms with Gasteiger partial charge in [0.25, 0.3) is 0 Å². The number of fused-ring (bicyclic) bond motifs is 3. The molecule has 222 valence electrons. The molecule has 0 radical (unpaired) electrons. The van der Waals surface area contributed by atoms with Gasteiger partial charge < -0.3 is 19.9 Å². The van der Waals surface area contributed by atoms with Crippen molar-refractivity contribution >= 4 is 5.91 Å². The fraction of sp³-hybridized carbons (Fsp3) is 0.871. The van der Waals surface area contributed by atoms with Crippen molar-refractivity contribution in [1.29, 1.82) is 5.26 Å². The summed E-state index contributed by atoms with van der Waals surface area (Å²) in [5, 5.41) is 21.1. The third-order valence-corrected chi connectivity index (χ3v) is 11.7. The lowest BCUT2D eigenvalue weighted by Gasteiger charge is -2.59. The lowest BCUT2D eigenvalue weighted by Crippen LogP contribution is -2.73. The minimum absolute atomic E-state index is 0.0635. The Hall–Kier alpha value is -1.54. The molecule has 6 rings (SSSR count). The predicted octanol–water partition coefficient (Wildman–Crippen LogP) is 2.08. The number of hydrogen-bond acceptors (Lipinski definition) is 8. The molecule has 1 spiro atoms. The van der Waals surface area contributed by atoms with Gasteiger partial charge in [0.2, 0.25) is 5.91 Å². The first-order valence-corrected chi connectivity index (χ1v) is 16.1. The molecule has 6 unspecified atom stereocenters. The first-order chi connectivity index (χ1) is 19.5. The van der Waals surface area contributed by atoms with Crippen LogP contribution in [0, 0.1) is 34.5 Å². The molecule has 2 aliphatic carbocycles. The van der Waals surface area contributed by atoms with Gasteiger partial charge in [0, 0.05) is 37.6 Å². The fourth-order valence-corrected chi connectivity index (χ4v) is 9.62. The molecular formula is C31H51N7O2. The van der Waals surface area contributed by atoms with Crippen LogP contribution in [-0.2, 0) is 9.53 Å². The monoisotopic (exact) mass is 553 g/mol. The van der Waals surface area contributed by atoms with E-state index in [1.165, 1.54) is 77.0 Å². The van der Waals surface area contributed by atoms with Gasteiger partial charge in [0.1, 0.15) is 0 Å². The molecule has 0 aromatic rings. The van der Waals surface area contributed by atoms with Crippen LogP contribution in [0.2, 0.25) is 0 Å². The Morgan fingerprint density at radius 1 is 1.12 bits per heavy atom. The molecule has 9 nitrogen and oxygen atoms in total. The topological polar surface area (TPSA) is 95.9 Å². The summed E-state index contributed by atoms with van der Waals surface area (Å²) in [5.41, 5.74) is 0.454. The van der Waals surface area contributed by atoms with Crippen molar-refractivity contribution in [3.63, 3.8) is 0 Å². The van der Waals surface area contributed by atoms with Gasteiger partial charge in [-0.2, -0.15) is 5.26 Å². The van der Waals surface area contributed by atoms with E-state index in [9.17, 15) is 10.1 Å². The fourth-order valence-electron chi connectivity index (χ4n) is 9.62. The van der Waals surface area contributed by atoms with E-state index in [4.69, 9.17) is 4.74 Å². The van der Waals surface area contributed by atoms with Crippen LogP contribution in [0.25, 0.3) is 0 Å². The standard InChI is InChI=1S/C31H51N7O2/c1-3-28(39)38-17-16-37(20-23(38)9-13-32)29-25-8-12-31(11-4-6-22-19-33-14-10-26(22)31)18-27(25)34-30(35-29)40-21-24-7-5-15-36(24)2/h3,22-27,29-30,33-35H,1,4-12,14-21H2,2H3/t22?,23-,24-,25?,26?,27?,29?,30?,31+/m0/s1. The molecule has 0 bridgehead atoms. The highest BCUT2D eigenvalue weighted by molar-refractivity contribution is 5.87. The van der Waals surface area contributed by atoms with E-state index < -0.39 is 0 Å². The summed E-state index contributed by atoms with van der Waals surface area (Å²) in [7, 11) is 2.21. The van der Waals surface area contributed by atoms with E-state index in [1.807, 2.05) is 4.90 Å². The molecular weight excluding hydrogens is 502 g/mol. The average Bonchev–Trinajstić information content (AvgIpc) is 3.40. The zero-order valence-electron chi connectivity index (χ0n) is 24.5. The second-order valence-corrected chi connectivity index (χ2v) is 13.6. The number of piperazine rings is 1. The highest BCUT2D eigenvalue weighted by Gasteiger charge is 2.54. The maximum Gasteiger partial charge on any atom is 0.246 e. The Morgan fingerprint density at radius 2 is 2.02 bits per heavy atom. The summed E-state index contributed by atoms with van der Waals surface area (Å²) in [4.78, 5) is 19.4. The Bertz CT molecular complexity index is 954. The molecule has 0 aromatic heterocycles. The molecule has 1 amide bonds. The molecule has 9 heteroatoms. The van der Waals surface area contributed by atoms with Crippen molar-refractivity contribution in [1.82, 2.24) is 30.7 Å². The van der Waals surface area contributed by atoms with Crippen LogP contribution in [0.3, 0.4) is 0 Å². The number of hydrogen-bond donors (Lipinski definition) is 3. The van der Waals surface area contributed by atoms with Crippen LogP contribution in [-0.4, -0.2) is 104 Å². The smallest absolute Gasteiger partial charge is 0.246 e. The van der Waals surface area contributed by atoms with Crippen LogP contribution < -0.4 is 16.0 Å². The van der Waals surface area contributed by atoms with Gasteiger partial charge in [0.15, 0.2) is 6.35 Å². The second kappa shape index (κ2) is 12.4. The highest BCUT2D eigenvalue weighted by Crippen LogP contribution is 2.56. The molecule has 4 heterocycles. The third-order valence-electron chi connectivity index (χ3n) is 11.7. The zero-order chi connectivity index (χ0) is 27.7. The van der Waals surface area contributed by atoms with Gasteiger partial charge in [0.05, 0.1) is 31.3 Å². The molecule has 3 N–H and O–H groups in total. The van der Waals surface area contributed by atoms with E-state index in [2.05, 4.69) is 45.4 Å². The number of nitriles is 1. The van der Waals surface area contributed by atoms with Gasteiger partial charge in [-0.3, -0.25) is 20.3 Å². The summed E-state index contributed by atoms with van der Waals surface area (Å²) in [6.45, 7) is 10.1. The lowest BCUT2D eigenvalue weighted by atomic mass is 9.52. The number of amides is 1. The van der Waals surface area contributed by atoms with E-state index in [1.54, 1.807) is 0 Å². The molecule has 2 saturated carbocycles. The molecule has 4 saturated heterocycles. The SMILES string of the molecule is C=CC(=O)N1CCN(C2NC(OC[C@@H]3CCCN3C)NC3C[C@@]4(CCCC5CNCCC54)CCC32)C[C@@H]1CC#N. The van der Waals surface area contributed by atoms with Gasteiger partial charge in [-0.1, -0.05) is 13.0 Å². The van der Waals surface area contributed by atoms with Crippen molar-refractivity contribution in [2.75, 3.05) is 52.9 Å². The minimum Gasteiger partial charge on any atom is -0.348 e. The van der Waals surface area contributed by atoms with Crippen LogP contribution in [0.15, 0.2) is 12.7 Å². The number of likely N-dealkylation sites (tertiary alicyclic amines) is 1. The molecule has 0 aromatic carbocycles. The number of carbonyl (C=O) groups excluding carboxylic acids is 1. The summed E-state index contributed by atoms with van der Waals surface area (Å²) < 4.78 is 6.61. The van der Waals surface area contributed by atoms with Crippen molar-refractivity contribution in [3.05, 3.63) is 12.7 Å². The Morgan fingerprint density at radius 3 is 2.83 bits per heavy atom. The zero-order valence-corrected chi connectivity index (χ0v) is 24.5. The molecule has 40 heavy (non-hydrogen) atoms. The highest BCUT2D eigenvalue weighted by atomic mass is 16.5. The normalized spacial score (nSPS) is 42.6. The number of carbonyl (C=O) groups is 1. The molecule has 9 atom stereocenters. The minimum atomic E-state index is -0.176. The van der Waals surface area contributed by atoms with Gasteiger partial charge in [-0.05, 0) is 101 Å². The van der Waals surface area contributed by atoms with E-state index in [0.29, 0.717) is 42.9 Å². The quantitative estimate of drug-likeness (QED) is 0.431. The second-order valence-electron chi connectivity index (χ2n) is 13.6. The van der Waals surface area contributed by atoms with Crippen LogP contribution in [0.4, 0.5) is 0 Å². The maximum atomic E-state index is 12.6. The number of likely N-dealkylation sites (N-methyl/N-ethyl adjacent to an activating group) is 1. The number of ether oxygens (including phenoxy) is 1. The van der Waals surface area contributed by atoms with Crippen molar-refractivity contribution < 1.29 is 9.53 Å². The number of nitrogens with one attached hydrogen (secondary N) is 3. The molecule has 4 aliphatic heterocycles. The maximum absolute atomic E-state index is 12.6. The van der Waals surface area contributed by atoms with Gasteiger partial charge in [-0.25, -0.2) is 0 Å². The molecule has 6 aliphatic rings. The van der Waals surface area contributed by atoms with Gasteiger partial charge >= 0.3 is 0 Å². The molecule has 6 fully saturated rings. The largest absolute Gasteiger partial charge is 0.348 e. The lowest BCUT2D eigenvalue weighted by molar-refractivity contribution is -0.140. The Kier molecular flexibility index (Phi) is 8.83. The van der Waals surface area contributed by atoms with E-state index >= 15 is 0 Å². The van der Waals surface area contributed by atoms with Crippen molar-refractivity contribution in [3.8, 4) is 6.07 Å². The van der Waals surface area contributed by atoms with Crippen LogP contribution >= 0.6 is 0 Å². The number of nitrogens with zero attached hydrogens (tertiary/aromatic N) is 4.